The van der Waals surface area contributed by atoms with Crippen molar-refractivity contribution < 1.29 is 0 Å². The zero-order valence-corrected chi connectivity index (χ0v) is 14.3. The summed E-state index contributed by atoms with van der Waals surface area (Å²) >= 11 is 0. The van der Waals surface area contributed by atoms with Crippen LogP contribution in [0, 0.1) is 24.2 Å². The Labute approximate surface area is 142 Å². The summed E-state index contributed by atoms with van der Waals surface area (Å²) in [5.41, 5.74) is 3.51. The minimum atomic E-state index is -0.317. The highest BCUT2D eigenvalue weighted by Gasteiger charge is 2.17. The van der Waals surface area contributed by atoms with Gasteiger partial charge in [-0.05, 0) is 55.5 Å². The molecule has 1 unspecified atom stereocenters. The van der Waals surface area contributed by atoms with E-state index in [9.17, 15) is 10.1 Å². The molecule has 0 radical (unpaired) electrons. The molecule has 4 nitrogen and oxygen atoms in total. The third kappa shape index (κ3) is 3.58. The number of nitrogens with zero attached hydrogens (tertiary/aromatic N) is 2. The molecule has 1 aliphatic heterocycles. The maximum Gasteiger partial charge on any atom is 0.266 e. The summed E-state index contributed by atoms with van der Waals surface area (Å²) in [6.45, 7) is 7.34. The van der Waals surface area contributed by atoms with Gasteiger partial charge in [-0.1, -0.05) is 25.1 Å². The molecule has 0 aliphatic carbocycles. The van der Waals surface area contributed by atoms with Crippen LogP contribution in [0.25, 0.3) is 11.1 Å². The van der Waals surface area contributed by atoms with Gasteiger partial charge < -0.3 is 4.98 Å². The van der Waals surface area contributed by atoms with Gasteiger partial charge in [-0.25, -0.2) is 0 Å². The van der Waals surface area contributed by atoms with Gasteiger partial charge in [-0.3, -0.25) is 9.69 Å². The lowest BCUT2D eigenvalue weighted by molar-refractivity contribution is 0.176. The molecule has 4 heteroatoms. The summed E-state index contributed by atoms with van der Waals surface area (Å²) < 4.78 is 0. The number of pyridine rings is 1. The van der Waals surface area contributed by atoms with Gasteiger partial charge in [-0.2, -0.15) is 5.26 Å². The number of aryl methyl sites for hydroxylation is 1. The fourth-order valence-electron chi connectivity index (χ4n) is 3.55. The topological polar surface area (TPSA) is 59.9 Å². The molecule has 0 spiro atoms. The lowest BCUT2D eigenvalue weighted by Gasteiger charge is -2.30. The van der Waals surface area contributed by atoms with E-state index in [1.165, 1.54) is 18.4 Å². The fraction of sp³-hybridized carbons (Fsp3) is 0.400. The van der Waals surface area contributed by atoms with Gasteiger partial charge in [0.1, 0.15) is 11.6 Å². The van der Waals surface area contributed by atoms with E-state index in [0.717, 1.165) is 36.8 Å². The maximum atomic E-state index is 12.0. The van der Waals surface area contributed by atoms with Crippen LogP contribution >= 0.6 is 0 Å². The smallest absolute Gasteiger partial charge is 0.266 e. The molecule has 24 heavy (non-hydrogen) atoms. The molecule has 0 saturated carbocycles. The predicted octanol–water partition coefficient (Wildman–Crippen LogP) is 3.45. The SMILES string of the molecule is Cc1cc(-c2cccc(CN3CCCC(C)C3)c2)c(C#N)c(=O)[nH]1. The van der Waals surface area contributed by atoms with E-state index in [0.29, 0.717) is 5.56 Å². The van der Waals surface area contributed by atoms with E-state index in [4.69, 9.17) is 0 Å². The zero-order chi connectivity index (χ0) is 17.1. The van der Waals surface area contributed by atoms with Gasteiger partial charge in [0.25, 0.3) is 5.56 Å². The number of likely N-dealkylation sites (tertiary alicyclic amines) is 1. The average molecular weight is 321 g/mol. The second-order valence-corrected chi connectivity index (χ2v) is 6.86. The number of nitriles is 1. The van der Waals surface area contributed by atoms with E-state index in [1.807, 2.05) is 31.2 Å². The van der Waals surface area contributed by atoms with Crippen LogP contribution in [0.4, 0.5) is 0 Å². The Morgan fingerprint density at radius 3 is 2.96 bits per heavy atom. The van der Waals surface area contributed by atoms with Crippen molar-refractivity contribution in [3.8, 4) is 17.2 Å². The summed E-state index contributed by atoms with van der Waals surface area (Å²) in [5.74, 6) is 0.752. The van der Waals surface area contributed by atoms with Gasteiger partial charge >= 0.3 is 0 Å². The monoisotopic (exact) mass is 321 g/mol. The third-order valence-electron chi connectivity index (χ3n) is 4.67. The van der Waals surface area contributed by atoms with E-state index >= 15 is 0 Å². The van der Waals surface area contributed by atoms with Crippen molar-refractivity contribution in [2.24, 2.45) is 5.92 Å². The molecule has 2 heterocycles. The van der Waals surface area contributed by atoms with E-state index < -0.39 is 0 Å². The zero-order valence-electron chi connectivity index (χ0n) is 14.3. The van der Waals surface area contributed by atoms with Crippen molar-refractivity contribution in [2.75, 3.05) is 13.1 Å². The van der Waals surface area contributed by atoms with Crippen LogP contribution in [0.3, 0.4) is 0 Å². The van der Waals surface area contributed by atoms with Gasteiger partial charge in [0.2, 0.25) is 0 Å². The molecule has 2 aromatic rings. The molecule has 3 rings (SSSR count). The van der Waals surface area contributed by atoms with Crippen molar-refractivity contribution in [3.63, 3.8) is 0 Å². The quantitative estimate of drug-likeness (QED) is 0.942. The molecule has 124 valence electrons. The summed E-state index contributed by atoms with van der Waals surface area (Å²) in [5, 5.41) is 9.33. The van der Waals surface area contributed by atoms with Crippen molar-refractivity contribution in [2.45, 2.75) is 33.2 Å². The molecular weight excluding hydrogens is 298 g/mol. The van der Waals surface area contributed by atoms with Crippen LogP contribution in [0.5, 0.6) is 0 Å². The summed E-state index contributed by atoms with van der Waals surface area (Å²) in [6.07, 6.45) is 2.57. The number of rotatable bonds is 3. The third-order valence-corrected chi connectivity index (χ3v) is 4.67. The standard InChI is InChI=1S/C20H23N3O/c1-14-5-4-8-23(12-14)13-16-6-3-7-17(10-16)18-9-15(2)22-20(24)19(18)11-21/h3,6-7,9-10,14H,4-5,8,12-13H2,1-2H3,(H,22,24). The second kappa shape index (κ2) is 7.02. The van der Waals surface area contributed by atoms with Gasteiger partial charge in [0.05, 0.1) is 0 Å². The number of benzene rings is 1. The van der Waals surface area contributed by atoms with Crippen molar-refractivity contribution in [3.05, 3.63) is 57.5 Å². The summed E-state index contributed by atoms with van der Waals surface area (Å²) in [4.78, 5) is 17.2. The Kier molecular flexibility index (Phi) is 4.82. The highest BCUT2D eigenvalue weighted by Crippen LogP contribution is 2.24. The maximum absolute atomic E-state index is 12.0. The van der Waals surface area contributed by atoms with Gasteiger partial charge in [0, 0.05) is 24.3 Å². The molecule has 0 bridgehead atoms. The van der Waals surface area contributed by atoms with Gasteiger partial charge in [0.15, 0.2) is 0 Å². The molecule has 0 amide bonds. The fourth-order valence-corrected chi connectivity index (χ4v) is 3.55. The molecule has 1 N–H and O–H groups in total. The molecular formula is C20H23N3O. The van der Waals surface area contributed by atoms with Crippen molar-refractivity contribution >= 4 is 0 Å². The molecule has 1 aliphatic rings. The molecule has 1 fully saturated rings. The van der Waals surface area contributed by atoms with Crippen molar-refractivity contribution in [1.82, 2.24) is 9.88 Å². The predicted molar refractivity (Wildman–Crippen MR) is 95.6 cm³/mol. The molecule has 1 saturated heterocycles. The number of H-pyrrole nitrogens is 1. The lowest BCUT2D eigenvalue weighted by Crippen LogP contribution is -2.33. The van der Waals surface area contributed by atoms with E-state index in [1.54, 1.807) is 0 Å². The Morgan fingerprint density at radius 2 is 2.21 bits per heavy atom. The first-order valence-corrected chi connectivity index (χ1v) is 8.52. The lowest BCUT2D eigenvalue weighted by atomic mass is 9.97. The number of nitrogens with one attached hydrogen (secondary N) is 1. The van der Waals surface area contributed by atoms with Gasteiger partial charge in [-0.15, -0.1) is 0 Å². The van der Waals surface area contributed by atoms with E-state index in [2.05, 4.69) is 28.9 Å². The van der Waals surface area contributed by atoms with Crippen LogP contribution in [-0.4, -0.2) is 23.0 Å². The summed E-state index contributed by atoms with van der Waals surface area (Å²) in [7, 11) is 0. The van der Waals surface area contributed by atoms with Crippen LogP contribution in [0.2, 0.25) is 0 Å². The molecule has 1 aromatic carbocycles. The largest absolute Gasteiger partial charge is 0.325 e. The first kappa shape index (κ1) is 16.5. The highest BCUT2D eigenvalue weighted by atomic mass is 16.1. The van der Waals surface area contributed by atoms with Crippen LogP contribution < -0.4 is 5.56 Å². The van der Waals surface area contributed by atoms with Crippen LogP contribution in [0.1, 0.15) is 36.6 Å². The highest BCUT2D eigenvalue weighted by molar-refractivity contribution is 5.70. The Balaban J connectivity index is 1.91. The second-order valence-electron chi connectivity index (χ2n) is 6.86. The van der Waals surface area contributed by atoms with Crippen molar-refractivity contribution in [1.29, 1.82) is 5.26 Å². The summed E-state index contributed by atoms with van der Waals surface area (Å²) in [6, 6.07) is 12.1. The first-order valence-electron chi connectivity index (χ1n) is 8.52. The molecule has 1 aromatic heterocycles. The average Bonchev–Trinajstić information content (AvgIpc) is 2.54. The minimum absolute atomic E-state index is 0.185. The Morgan fingerprint density at radius 1 is 1.38 bits per heavy atom. The number of hydrogen-bond acceptors (Lipinski definition) is 3. The number of aromatic nitrogens is 1. The first-order chi connectivity index (χ1) is 11.6. The Hall–Kier alpha value is -2.38. The minimum Gasteiger partial charge on any atom is -0.325 e. The normalized spacial score (nSPS) is 18.3. The van der Waals surface area contributed by atoms with Crippen LogP contribution in [0.15, 0.2) is 35.1 Å². The van der Waals surface area contributed by atoms with E-state index in [-0.39, 0.29) is 11.1 Å². The Bertz CT molecular complexity index is 832. The number of piperidine rings is 1. The number of aromatic amines is 1. The molecule has 1 atom stereocenters. The van der Waals surface area contributed by atoms with Crippen LogP contribution in [-0.2, 0) is 6.54 Å². The number of hydrogen-bond donors (Lipinski definition) is 1.